The standard InChI is InChI=1S/C13H19F2N3O/c1-9(14)10(2)17-12(16)19-8-13-4-3-5-18(13)7-11(15)6-13/h11H,1-8H2,(H2,16,17)/t11-,13+/m1/s1. The van der Waals surface area contributed by atoms with Crippen LogP contribution in [0.25, 0.3) is 0 Å². The van der Waals surface area contributed by atoms with Gasteiger partial charge in [-0.05, 0) is 19.4 Å². The lowest BCUT2D eigenvalue weighted by Gasteiger charge is -2.30. The number of hydrogen-bond acceptors (Lipinski definition) is 3. The van der Waals surface area contributed by atoms with Crippen LogP contribution in [0.3, 0.4) is 0 Å². The van der Waals surface area contributed by atoms with Gasteiger partial charge in [-0.3, -0.25) is 4.90 Å². The van der Waals surface area contributed by atoms with Gasteiger partial charge in [-0.25, -0.2) is 8.78 Å². The summed E-state index contributed by atoms with van der Waals surface area (Å²) in [6.45, 7) is 8.03. The predicted molar refractivity (Wildman–Crippen MR) is 70.0 cm³/mol. The first kappa shape index (κ1) is 14.0. The van der Waals surface area contributed by atoms with E-state index in [9.17, 15) is 8.78 Å². The Bertz CT molecular complexity index is 424. The maximum absolute atomic E-state index is 13.5. The summed E-state index contributed by atoms with van der Waals surface area (Å²) in [5.41, 5.74) is 5.11. The number of ether oxygens (including phenoxy) is 1. The Morgan fingerprint density at radius 3 is 2.95 bits per heavy atom. The molecule has 2 atom stereocenters. The monoisotopic (exact) mass is 271 g/mol. The minimum absolute atomic E-state index is 0.159. The summed E-state index contributed by atoms with van der Waals surface area (Å²) in [4.78, 5) is 5.76. The van der Waals surface area contributed by atoms with E-state index in [1.807, 2.05) is 0 Å². The van der Waals surface area contributed by atoms with Crippen LogP contribution < -0.4 is 5.73 Å². The fourth-order valence-electron chi connectivity index (χ4n) is 2.88. The molecule has 0 amide bonds. The summed E-state index contributed by atoms with van der Waals surface area (Å²) in [6.07, 6.45) is 1.55. The Morgan fingerprint density at radius 2 is 2.26 bits per heavy atom. The highest BCUT2D eigenvalue weighted by Crippen LogP contribution is 2.40. The van der Waals surface area contributed by atoms with Gasteiger partial charge in [0.1, 0.15) is 18.6 Å². The molecule has 0 aromatic rings. The number of aliphatic imine (C=N–C) groups is 1. The molecule has 0 radical (unpaired) electrons. The summed E-state index contributed by atoms with van der Waals surface area (Å²) in [5.74, 6) is -0.753. The van der Waals surface area contributed by atoms with Crippen LogP contribution >= 0.6 is 0 Å². The van der Waals surface area contributed by atoms with Crippen molar-refractivity contribution in [3.8, 4) is 0 Å². The summed E-state index contributed by atoms with van der Waals surface area (Å²) < 4.78 is 31.5. The van der Waals surface area contributed by atoms with Crippen molar-refractivity contribution < 1.29 is 13.5 Å². The number of nitrogens with zero attached hydrogens (tertiary/aromatic N) is 2. The van der Waals surface area contributed by atoms with Gasteiger partial charge in [-0.15, -0.1) is 0 Å². The van der Waals surface area contributed by atoms with Crippen molar-refractivity contribution in [2.75, 3.05) is 19.7 Å². The summed E-state index contributed by atoms with van der Waals surface area (Å²) in [5, 5.41) is 0. The fraction of sp³-hybridized carbons (Fsp3) is 0.615. The van der Waals surface area contributed by atoms with Gasteiger partial charge in [-0.2, -0.15) is 4.99 Å². The average Bonchev–Trinajstić information content (AvgIpc) is 2.82. The van der Waals surface area contributed by atoms with Crippen molar-refractivity contribution in [1.29, 1.82) is 0 Å². The molecule has 0 aliphatic carbocycles. The molecule has 6 heteroatoms. The number of hydrogen-bond donors (Lipinski definition) is 1. The zero-order chi connectivity index (χ0) is 14.0. The maximum atomic E-state index is 13.5. The zero-order valence-corrected chi connectivity index (χ0v) is 10.9. The minimum Gasteiger partial charge on any atom is -0.463 e. The summed E-state index contributed by atoms with van der Waals surface area (Å²) in [7, 11) is 0. The first-order chi connectivity index (χ1) is 8.93. The van der Waals surface area contributed by atoms with Crippen molar-refractivity contribution in [2.45, 2.75) is 31.0 Å². The maximum Gasteiger partial charge on any atom is 0.287 e. The molecule has 2 N–H and O–H groups in total. The molecule has 19 heavy (non-hydrogen) atoms. The van der Waals surface area contributed by atoms with Gasteiger partial charge < -0.3 is 10.5 Å². The van der Waals surface area contributed by atoms with Crippen LogP contribution in [-0.4, -0.2) is 42.3 Å². The molecule has 0 bridgehead atoms. The minimum atomic E-state index is -0.817. The van der Waals surface area contributed by atoms with Gasteiger partial charge in [0.25, 0.3) is 6.02 Å². The summed E-state index contributed by atoms with van der Waals surface area (Å²) >= 11 is 0. The third-order valence-electron chi connectivity index (χ3n) is 3.81. The zero-order valence-electron chi connectivity index (χ0n) is 10.9. The van der Waals surface area contributed by atoms with E-state index in [2.05, 4.69) is 23.1 Å². The van der Waals surface area contributed by atoms with E-state index in [1.54, 1.807) is 0 Å². The van der Waals surface area contributed by atoms with E-state index in [4.69, 9.17) is 10.5 Å². The number of fused-ring (bicyclic) bond motifs is 1. The van der Waals surface area contributed by atoms with Gasteiger partial charge in [0.05, 0.1) is 11.2 Å². The molecule has 2 heterocycles. The van der Waals surface area contributed by atoms with Gasteiger partial charge >= 0.3 is 0 Å². The Morgan fingerprint density at radius 1 is 1.53 bits per heavy atom. The molecule has 2 saturated heterocycles. The largest absolute Gasteiger partial charge is 0.463 e. The number of allylic oxidation sites excluding steroid dienone is 1. The highest BCUT2D eigenvalue weighted by atomic mass is 19.1. The summed E-state index contributed by atoms with van der Waals surface area (Å²) in [6, 6.07) is -0.160. The Labute approximate surface area is 111 Å². The quantitative estimate of drug-likeness (QED) is 0.482. The molecule has 0 unspecified atom stereocenters. The second-order valence-corrected chi connectivity index (χ2v) is 5.17. The second kappa shape index (κ2) is 5.28. The molecule has 0 aromatic heterocycles. The Balaban J connectivity index is 1.95. The molecule has 0 spiro atoms. The van der Waals surface area contributed by atoms with Crippen molar-refractivity contribution in [2.24, 2.45) is 10.7 Å². The molecule has 4 nitrogen and oxygen atoms in total. The lowest BCUT2D eigenvalue weighted by atomic mass is 9.95. The van der Waals surface area contributed by atoms with Gasteiger partial charge in [0.2, 0.25) is 0 Å². The predicted octanol–water partition coefficient (Wildman–Crippen LogP) is 1.89. The lowest BCUT2D eigenvalue weighted by Crippen LogP contribution is -2.43. The highest BCUT2D eigenvalue weighted by molar-refractivity contribution is 5.73. The first-order valence-corrected chi connectivity index (χ1v) is 6.33. The van der Waals surface area contributed by atoms with Crippen molar-refractivity contribution in [1.82, 2.24) is 4.90 Å². The SMILES string of the molecule is C=C(F)C(=C)/N=C(\N)OC[C@@]12CCCN1C[C@H](F)C2. The number of amidine groups is 1. The number of nitrogens with two attached hydrogens (primary N) is 1. The molecular formula is C13H19F2N3O. The van der Waals surface area contributed by atoms with E-state index < -0.39 is 12.0 Å². The molecular weight excluding hydrogens is 252 g/mol. The molecule has 0 aromatic carbocycles. The van der Waals surface area contributed by atoms with Crippen molar-refractivity contribution in [3.63, 3.8) is 0 Å². The van der Waals surface area contributed by atoms with Crippen LogP contribution in [0, 0.1) is 0 Å². The topological polar surface area (TPSA) is 50.9 Å². The molecule has 2 rings (SSSR count). The number of halogens is 2. The normalized spacial score (nSPS) is 31.3. The first-order valence-electron chi connectivity index (χ1n) is 6.33. The van der Waals surface area contributed by atoms with E-state index in [0.29, 0.717) is 13.0 Å². The third-order valence-corrected chi connectivity index (χ3v) is 3.81. The Kier molecular flexibility index (Phi) is 3.89. The smallest absolute Gasteiger partial charge is 0.287 e. The molecule has 2 aliphatic rings. The van der Waals surface area contributed by atoms with Crippen LogP contribution in [0.4, 0.5) is 8.78 Å². The second-order valence-electron chi connectivity index (χ2n) is 5.17. The Hall–Kier alpha value is -1.43. The number of alkyl halides is 1. The van der Waals surface area contributed by atoms with Crippen LogP contribution in [0.15, 0.2) is 29.7 Å². The molecule has 0 saturated carbocycles. The van der Waals surface area contributed by atoms with Crippen LogP contribution in [-0.2, 0) is 4.74 Å². The van der Waals surface area contributed by atoms with Gasteiger partial charge in [-0.1, -0.05) is 13.2 Å². The average molecular weight is 271 g/mol. The number of rotatable bonds is 4. The van der Waals surface area contributed by atoms with Crippen molar-refractivity contribution >= 4 is 6.02 Å². The lowest BCUT2D eigenvalue weighted by molar-refractivity contribution is 0.106. The van der Waals surface area contributed by atoms with Crippen LogP contribution in [0.5, 0.6) is 0 Å². The third kappa shape index (κ3) is 2.94. The molecule has 2 fully saturated rings. The van der Waals surface area contributed by atoms with Crippen LogP contribution in [0.1, 0.15) is 19.3 Å². The van der Waals surface area contributed by atoms with E-state index >= 15 is 0 Å². The van der Waals surface area contributed by atoms with E-state index in [1.165, 1.54) is 0 Å². The van der Waals surface area contributed by atoms with Gasteiger partial charge in [0.15, 0.2) is 0 Å². The van der Waals surface area contributed by atoms with E-state index in [-0.39, 0.29) is 23.9 Å². The van der Waals surface area contributed by atoms with E-state index in [0.717, 1.165) is 19.4 Å². The highest BCUT2D eigenvalue weighted by Gasteiger charge is 2.49. The van der Waals surface area contributed by atoms with Gasteiger partial charge in [0, 0.05) is 13.0 Å². The fourth-order valence-corrected chi connectivity index (χ4v) is 2.88. The molecule has 106 valence electrons. The van der Waals surface area contributed by atoms with Crippen LogP contribution in [0.2, 0.25) is 0 Å². The molecule has 2 aliphatic heterocycles. The van der Waals surface area contributed by atoms with Crippen molar-refractivity contribution in [3.05, 3.63) is 24.7 Å².